The second-order valence-electron chi connectivity index (χ2n) is 4.14. The molecule has 1 N–H and O–H groups in total. The number of benzene rings is 3. The maximum atomic E-state index is 13.3. The summed E-state index contributed by atoms with van der Waals surface area (Å²) in [5.41, 5.74) is 0.240. The summed E-state index contributed by atoms with van der Waals surface area (Å²) in [5.74, 6) is -1.30. The van der Waals surface area contributed by atoms with Crippen molar-refractivity contribution in [2.24, 2.45) is 0 Å². The molecule has 0 aromatic heterocycles. The first kappa shape index (κ1) is 10.7. The summed E-state index contributed by atoms with van der Waals surface area (Å²) in [6.45, 7) is 0. The van der Waals surface area contributed by atoms with Crippen molar-refractivity contribution in [2.45, 2.75) is 0 Å². The predicted octanol–water partition coefficient (Wildman–Crippen LogP) is 3.83. The van der Waals surface area contributed by atoms with Gasteiger partial charge in [-0.05, 0) is 39.7 Å². The summed E-state index contributed by atoms with van der Waals surface area (Å²) in [5, 5.41) is 12.1. The number of aromatic carboxylic acids is 1. The average molecular weight is 240 g/mol. The van der Waals surface area contributed by atoms with Gasteiger partial charge in [-0.15, -0.1) is 0 Å². The third-order valence-electron chi connectivity index (χ3n) is 3.05. The molecule has 0 aliphatic heterocycles. The maximum Gasteiger partial charge on any atom is 0.336 e. The highest BCUT2D eigenvalue weighted by Gasteiger charge is 2.11. The molecule has 0 saturated carbocycles. The van der Waals surface area contributed by atoms with Gasteiger partial charge < -0.3 is 5.11 Å². The third-order valence-corrected chi connectivity index (χ3v) is 3.05. The Morgan fingerprint density at radius 2 is 1.67 bits per heavy atom. The highest BCUT2D eigenvalue weighted by Crippen LogP contribution is 2.29. The zero-order chi connectivity index (χ0) is 12.7. The lowest BCUT2D eigenvalue weighted by molar-refractivity contribution is 0.0699. The summed E-state index contributed by atoms with van der Waals surface area (Å²) in [7, 11) is 0. The highest BCUT2D eigenvalue weighted by atomic mass is 19.1. The van der Waals surface area contributed by atoms with Crippen LogP contribution in [0, 0.1) is 5.82 Å². The smallest absolute Gasteiger partial charge is 0.336 e. The lowest BCUT2D eigenvalue weighted by Crippen LogP contribution is -1.98. The van der Waals surface area contributed by atoms with Crippen molar-refractivity contribution >= 4 is 27.5 Å². The average Bonchev–Trinajstić information content (AvgIpc) is 2.37. The van der Waals surface area contributed by atoms with E-state index in [4.69, 9.17) is 0 Å². The summed E-state index contributed by atoms with van der Waals surface area (Å²) >= 11 is 0. The van der Waals surface area contributed by atoms with Crippen LogP contribution >= 0.6 is 0 Å². The summed E-state index contributed by atoms with van der Waals surface area (Å²) in [6, 6.07) is 13.1. The standard InChI is InChI=1S/C15H9FO2/c16-10-6-5-9-7-14(15(17)18)12-4-2-1-3-11(12)13(9)8-10/h1-8H,(H,17,18). The van der Waals surface area contributed by atoms with Crippen LogP contribution in [0.25, 0.3) is 21.5 Å². The molecule has 3 aromatic carbocycles. The van der Waals surface area contributed by atoms with E-state index in [1.807, 2.05) is 12.1 Å². The molecule has 0 aliphatic rings. The maximum absolute atomic E-state index is 13.3. The molecule has 0 bridgehead atoms. The van der Waals surface area contributed by atoms with Gasteiger partial charge in [0, 0.05) is 0 Å². The van der Waals surface area contributed by atoms with Gasteiger partial charge in [0.15, 0.2) is 0 Å². The number of carboxylic acid groups (broad SMARTS) is 1. The first-order valence-electron chi connectivity index (χ1n) is 5.51. The molecule has 2 nitrogen and oxygen atoms in total. The van der Waals surface area contributed by atoms with Gasteiger partial charge in [-0.25, -0.2) is 9.18 Å². The minimum atomic E-state index is -0.975. The Morgan fingerprint density at radius 3 is 2.39 bits per heavy atom. The lowest BCUT2D eigenvalue weighted by atomic mass is 9.97. The van der Waals surface area contributed by atoms with Crippen LogP contribution in [-0.2, 0) is 0 Å². The number of carboxylic acids is 1. The summed E-state index contributed by atoms with van der Waals surface area (Å²) in [4.78, 5) is 11.3. The van der Waals surface area contributed by atoms with Crippen LogP contribution in [0.5, 0.6) is 0 Å². The Morgan fingerprint density at radius 1 is 0.944 bits per heavy atom. The molecule has 88 valence electrons. The molecular formula is C15H9FO2. The molecule has 0 radical (unpaired) electrons. The van der Waals surface area contributed by atoms with Crippen molar-refractivity contribution < 1.29 is 14.3 Å². The molecule has 3 rings (SSSR count). The third kappa shape index (κ3) is 1.52. The van der Waals surface area contributed by atoms with E-state index >= 15 is 0 Å². The van der Waals surface area contributed by atoms with E-state index in [1.54, 1.807) is 24.3 Å². The van der Waals surface area contributed by atoms with E-state index < -0.39 is 5.97 Å². The quantitative estimate of drug-likeness (QED) is 0.656. The number of rotatable bonds is 1. The molecular weight excluding hydrogens is 231 g/mol. The first-order valence-corrected chi connectivity index (χ1v) is 5.51. The SMILES string of the molecule is O=C(O)c1cc2ccc(F)cc2c2ccccc12. The Labute approximate surface area is 102 Å². The van der Waals surface area contributed by atoms with Gasteiger partial charge in [0.1, 0.15) is 5.82 Å². The minimum absolute atomic E-state index is 0.240. The fraction of sp³-hybridized carbons (Fsp3) is 0. The number of halogens is 1. The van der Waals surface area contributed by atoms with Gasteiger partial charge in [0.25, 0.3) is 0 Å². The normalized spacial score (nSPS) is 10.9. The summed E-state index contributed by atoms with van der Waals surface area (Å²) < 4.78 is 13.3. The molecule has 18 heavy (non-hydrogen) atoms. The molecule has 3 aromatic rings. The van der Waals surface area contributed by atoms with Crippen LogP contribution in [0.1, 0.15) is 10.4 Å². The second kappa shape index (κ2) is 3.81. The Hall–Kier alpha value is -2.42. The molecule has 0 aliphatic carbocycles. The molecule has 0 amide bonds. The number of hydrogen-bond acceptors (Lipinski definition) is 1. The monoisotopic (exact) mass is 240 g/mol. The van der Waals surface area contributed by atoms with Crippen molar-refractivity contribution in [3.63, 3.8) is 0 Å². The molecule has 0 heterocycles. The topological polar surface area (TPSA) is 37.3 Å². The number of fused-ring (bicyclic) bond motifs is 3. The number of carbonyl (C=O) groups is 1. The van der Waals surface area contributed by atoms with Crippen LogP contribution in [-0.4, -0.2) is 11.1 Å². The van der Waals surface area contributed by atoms with E-state index in [0.717, 1.165) is 16.2 Å². The van der Waals surface area contributed by atoms with Crippen LogP contribution in [0.2, 0.25) is 0 Å². The van der Waals surface area contributed by atoms with E-state index in [9.17, 15) is 14.3 Å². The van der Waals surface area contributed by atoms with E-state index in [2.05, 4.69) is 0 Å². The van der Waals surface area contributed by atoms with E-state index in [1.165, 1.54) is 12.1 Å². The lowest BCUT2D eigenvalue weighted by Gasteiger charge is -2.07. The van der Waals surface area contributed by atoms with Gasteiger partial charge in [-0.1, -0.05) is 30.3 Å². The van der Waals surface area contributed by atoms with E-state index in [0.29, 0.717) is 5.39 Å². The van der Waals surface area contributed by atoms with Crippen LogP contribution in [0.3, 0.4) is 0 Å². The molecule has 0 unspecified atom stereocenters. The van der Waals surface area contributed by atoms with Crippen molar-refractivity contribution in [2.75, 3.05) is 0 Å². The molecule has 0 spiro atoms. The molecule has 0 fully saturated rings. The van der Waals surface area contributed by atoms with Crippen LogP contribution in [0.15, 0.2) is 48.5 Å². The summed E-state index contributed by atoms with van der Waals surface area (Å²) in [6.07, 6.45) is 0. The zero-order valence-corrected chi connectivity index (χ0v) is 9.35. The van der Waals surface area contributed by atoms with Gasteiger partial charge >= 0.3 is 5.97 Å². The largest absolute Gasteiger partial charge is 0.478 e. The zero-order valence-electron chi connectivity index (χ0n) is 9.35. The molecule has 0 atom stereocenters. The Balaban J connectivity index is 2.57. The fourth-order valence-electron chi connectivity index (χ4n) is 2.25. The molecule has 0 saturated heterocycles. The number of hydrogen-bond donors (Lipinski definition) is 1. The molecule has 3 heteroatoms. The van der Waals surface area contributed by atoms with Gasteiger partial charge in [-0.2, -0.15) is 0 Å². The van der Waals surface area contributed by atoms with Crippen LogP contribution < -0.4 is 0 Å². The van der Waals surface area contributed by atoms with E-state index in [-0.39, 0.29) is 11.4 Å². The minimum Gasteiger partial charge on any atom is -0.478 e. The van der Waals surface area contributed by atoms with Crippen molar-refractivity contribution in [3.05, 3.63) is 59.9 Å². The van der Waals surface area contributed by atoms with Crippen molar-refractivity contribution in [3.8, 4) is 0 Å². The highest BCUT2D eigenvalue weighted by molar-refractivity contribution is 6.15. The Kier molecular flexibility index (Phi) is 2.27. The fourth-order valence-corrected chi connectivity index (χ4v) is 2.25. The van der Waals surface area contributed by atoms with Crippen molar-refractivity contribution in [1.82, 2.24) is 0 Å². The first-order chi connectivity index (χ1) is 8.66. The van der Waals surface area contributed by atoms with Gasteiger partial charge in [0.05, 0.1) is 5.56 Å². The van der Waals surface area contributed by atoms with Crippen molar-refractivity contribution in [1.29, 1.82) is 0 Å². The van der Waals surface area contributed by atoms with Gasteiger partial charge in [-0.3, -0.25) is 0 Å². The van der Waals surface area contributed by atoms with Gasteiger partial charge in [0.2, 0.25) is 0 Å². The second-order valence-corrected chi connectivity index (χ2v) is 4.14. The Bertz CT molecular complexity index is 778. The van der Waals surface area contributed by atoms with Crippen LogP contribution in [0.4, 0.5) is 4.39 Å². The predicted molar refractivity (Wildman–Crippen MR) is 68.4 cm³/mol.